The third-order valence-electron chi connectivity index (χ3n) is 6.23. The van der Waals surface area contributed by atoms with Crippen LogP contribution in [0.3, 0.4) is 0 Å². The number of hydrogen-bond donors (Lipinski definition) is 1. The van der Waals surface area contributed by atoms with E-state index < -0.39 is 16.1 Å². The molecule has 36 heavy (non-hydrogen) atoms. The fourth-order valence-electron chi connectivity index (χ4n) is 4.42. The average molecular weight is 511 g/mol. The topological polar surface area (TPSA) is 94.2 Å². The van der Waals surface area contributed by atoms with Crippen molar-refractivity contribution >= 4 is 21.6 Å². The number of rotatable bonds is 8. The Bertz CT molecular complexity index is 1340. The van der Waals surface area contributed by atoms with Crippen molar-refractivity contribution in [3.63, 3.8) is 0 Å². The lowest BCUT2D eigenvalue weighted by molar-refractivity contribution is 0.0340. The summed E-state index contributed by atoms with van der Waals surface area (Å²) in [5.74, 6) is 0.653. The molecule has 1 saturated heterocycles. The van der Waals surface area contributed by atoms with E-state index in [0.29, 0.717) is 30.1 Å². The van der Waals surface area contributed by atoms with Crippen molar-refractivity contribution in [3.05, 3.63) is 83.4 Å². The van der Waals surface area contributed by atoms with Crippen LogP contribution < -0.4 is 14.2 Å². The van der Waals surface area contributed by atoms with Crippen LogP contribution in [-0.2, 0) is 14.8 Å². The van der Waals surface area contributed by atoms with Gasteiger partial charge in [0, 0.05) is 18.7 Å². The number of carbonyl (C=O) groups is 1. The van der Waals surface area contributed by atoms with Crippen LogP contribution in [0.25, 0.3) is 0 Å². The van der Waals surface area contributed by atoms with E-state index in [9.17, 15) is 13.2 Å². The van der Waals surface area contributed by atoms with Crippen molar-refractivity contribution in [3.8, 4) is 11.5 Å². The summed E-state index contributed by atoms with van der Waals surface area (Å²) in [6.45, 7) is 4.60. The maximum atomic E-state index is 13.3. The number of likely N-dealkylation sites (tertiary alicyclic amines) is 1. The van der Waals surface area contributed by atoms with E-state index in [1.165, 1.54) is 13.2 Å². The van der Waals surface area contributed by atoms with E-state index >= 15 is 0 Å². The zero-order valence-electron chi connectivity index (χ0n) is 20.7. The van der Waals surface area contributed by atoms with Gasteiger partial charge in [0.15, 0.2) is 0 Å². The highest BCUT2D eigenvalue weighted by molar-refractivity contribution is 7.92. The molecule has 0 saturated carbocycles. The van der Waals surface area contributed by atoms with Crippen molar-refractivity contribution in [1.82, 2.24) is 4.90 Å². The second-order valence-corrected chi connectivity index (χ2v) is 10.3. The van der Waals surface area contributed by atoms with Crippen LogP contribution in [0.15, 0.2) is 71.6 Å². The van der Waals surface area contributed by atoms with Crippen molar-refractivity contribution in [2.24, 2.45) is 0 Å². The molecule has 1 amide bonds. The lowest BCUT2D eigenvalue weighted by Crippen LogP contribution is -2.32. The van der Waals surface area contributed by atoms with Crippen LogP contribution in [-0.4, -0.2) is 58.7 Å². The monoisotopic (exact) mass is 510 g/mol. The van der Waals surface area contributed by atoms with Crippen molar-refractivity contribution in [2.75, 3.05) is 32.0 Å². The number of carbonyl (C=O) groups excluding carboxylic acids is 1. The molecular weight excluding hydrogens is 480 g/mol. The average Bonchev–Trinajstić information content (AvgIpc) is 3.26. The molecule has 9 heteroatoms. The molecule has 1 aliphatic rings. The van der Waals surface area contributed by atoms with E-state index in [2.05, 4.69) is 4.72 Å². The molecule has 3 aromatic carbocycles. The highest BCUT2D eigenvalue weighted by atomic mass is 32.2. The van der Waals surface area contributed by atoms with Crippen LogP contribution >= 0.6 is 0 Å². The third kappa shape index (κ3) is 5.32. The molecule has 0 bridgehead atoms. The number of nitrogens with one attached hydrogen (secondary N) is 1. The largest absolute Gasteiger partial charge is 0.495 e. The molecule has 1 aliphatic heterocycles. The molecule has 2 atom stereocenters. The van der Waals surface area contributed by atoms with Gasteiger partial charge in [0.05, 0.1) is 25.9 Å². The van der Waals surface area contributed by atoms with Gasteiger partial charge in [0.1, 0.15) is 28.6 Å². The SMILES string of the molecule is COc1ccccc1S(=O)(=O)Nc1cccc(O[C@@H]2CN(C(=O)c3c(C)cccc3C)C[C@H]2OC)c1. The lowest BCUT2D eigenvalue weighted by atomic mass is 10.0. The molecule has 1 fully saturated rings. The molecule has 0 radical (unpaired) electrons. The lowest BCUT2D eigenvalue weighted by Gasteiger charge is -2.20. The Morgan fingerprint density at radius 2 is 1.58 bits per heavy atom. The summed E-state index contributed by atoms with van der Waals surface area (Å²) in [6.07, 6.45) is -0.739. The standard InChI is InChI=1S/C27H30N2O6S/c1-18-9-7-10-19(2)26(18)27(30)29-16-23(34-4)24(17-29)35-21-12-8-11-20(15-21)28-36(31,32)25-14-6-5-13-22(25)33-3/h5-15,23-24,28H,16-17H2,1-4H3/t23-,24-/m1/s1. The van der Waals surface area contributed by atoms with Crippen LogP contribution in [0.1, 0.15) is 21.5 Å². The second kappa shape index (κ2) is 10.6. The maximum absolute atomic E-state index is 13.3. The Balaban J connectivity index is 1.50. The first kappa shape index (κ1) is 25.5. The number of hydrogen-bond acceptors (Lipinski definition) is 6. The zero-order valence-corrected chi connectivity index (χ0v) is 21.5. The number of para-hydroxylation sites is 1. The van der Waals surface area contributed by atoms with Gasteiger partial charge in [-0.2, -0.15) is 0 Å². The third-order valence-corrected chi connectivity index (χ3v) is 7.65. The number of sulfonamides is 1. The minimum Gasteiger partial charge on any atom is -0.495 e. The van der Waals surface area contributed by atoms with Crippen LogP contribution in [0.2, 0.25) is 0 Å². The quantitative estimate of drug-likeness (QED) is 0.492. The Morgan fingerprint density at radius 3 is 2.28 bits per heavy atom. The number of aryl methyl sites for hydroxylation is 2. The molecule has 0 aliphatic carbocycles. The molecule has 1 heterocycles. The van der Waals surface area contributed by atoms with Gasteiger partial charge < -0.3 is 19.1 Å². The number of anilines is 1. The molecule has 0 aromatic heterocycles. The number of amides is 1. The van der Waals surface area contributed by atoms with Gasteiger partial charge >= 0.3 is 0 Å². The van der Waals surface area contributed by atoms with Crippen LogP contribution in [0.4, 0.5) is 5.69 Å². The maximum Gasteiger partial charge on any atom is 0.265 e. The summed E-state index contributed by atoms with van der Waals surface area (Å²) < 4.78 is 45.5. The highest BCUT2D eigenvalue weighted by Gasteiger charge is 2.38. The Hall–Kier alpha value is -3.56. The predicted octanol–water partition coefficient (Wildman–Crippen LogP) is 4.03. The molecule has 4 rings (SSSR count). The number of benzene rings is 3. The molecule has 1 N–H and O–H groups in total. The van der Waals surface area contributed by atoms with Crippen molar-refractivity contribution in [2.45, 2.75) is 31.0 Å². The van der Waals surface area contributed by atoms with E-state index in [0.717, 1.165) is 11.1 Å². The molecule has 0 unspecified atom stereocenters. The van der Waals surface area contributed by atoms with Gasteiger partial charge in [-0.05, 0) is 49.2 Å². The first-order valence-electron chi connectivity index (χ1n) is 11.5. The Labute approximate surface area is 211 Å². The van der Waals surface area contributed by atoms with Gasteiger partial charge in [-0.3, -0.25) is 9.52 Å². The van der Waals surface area contributed by atoms with Gasteiger partial charge in [0.25, 0.3) is 15.9 Å². The summed E-state index contributed by atoms with van der Waals surface area (Å²) in [6, 6.07) is 18.9. The van der Waals surface area contributed by atoms with Crippen LogP contribution in [0, 0.1) is 13.8 Å². The first-order valence-corrected chi connectivity index (χ1v) is 13.0. The summed E-state index contributed by atoms with van der Waals surface area (Å²) in [5, 5.41) is 0. The summed E-state index contributed by atoms with van der Waals surface area (Å²) in [5.41, 5.74) is 2.89. The second-order valence-electron chi connectivity index (χ2n) is 8.69. The van der Waals surface area contributed by atoms with E-state index in [1.54, 1.807) is 54.5 Å². The molecule has 8 nitrogen and oxygen atoms in total. The number of nitrogens with zero attached hydrogens (tertiary/aromatic N) is 1. The van der Waals surface area contributed by atoms with Crippen molar-refractivity contribution in [1.29, 1.82) is 0 Å². The predicted molar refractivity (Wildman–Crippen MR) is 137 cm³/mol. The highest BCUT2D eigenvalue weighted by Crippen LogP contribution is 2.28. The normalized spacial score (nSPS) is 17.6. The van der Waals surface area contributed by atoms with Gasteiger partial charge in [-0.15, -0.1) is 0 Å². The van der Waals surface area contributed by atoms with E-state index in [-0.39, 0.29) is 22.7 Å². The number of ether oxygens (including phenoxy) is 3. The fourth-order valence-corrected chi connectivity index (χ4v) is 5.64. The van der Waals surface area contributed by atoms with E-state index in [1.807, 2.05) is 32.0 Å². The first-order chi connectivity index (χ1) is 17.2. The fraction of sp³-hybridized carbons (Fsp3) is 0.296. The minimum atomic E-state index is -3.88. The summed E-state index contributed by atoms with van der Waals surface area (Å²) >= 11 is 0. The van der Waals surface area contributed by atoms with Crippen molar-refractivity contribution < 1.29 is 27.4 Å². The molecule has 190 valence electrons. The Morgan fingerprint density at radius 1 is 0.917 bits per heavy atom. The summed E-state index contributed by atoms with van der Waals surface area (Å²) in [4.78, 5) is 15.0. The summed E-state index contributed by atoms with van der Waals surface area (Å²) in [7, 11) is -0.872. The zero-order chi connectivity index (χ0) is 25.9. The molecule has 0 spiro atoms. The molecule has 3 aromatic rings. The van der Waals surface area contributed by atoms with Gasteiger partial charge in [-0.25, -0.2) is 8.42 Å². The van der Waals surface area contributed by atoms with Crippen LogP contribution in [0.5, 0.6) is 11.5 Å². The minimum absolute atomic E-state index is 0.0368. The Kier molecular flexibility index (Phi) is 7.51. The van der Waals surface area contributed by atoms with Gasteiger partial charge in [-0.1, -0.05) is 36.4 Å². The van der Waals surface area contributed by atoms with Gasteiger partial charge in [0.2, 0.25) is 0 Å². The molecular formula is C27H30N2O6S. The van der Waals surface area contributed by atoms with E-state index in [4.69, 9.17) is 14.2 Å². The number of methoxy groups -OCH3 is 2. The smallest absolute Gasteiger partial charge is 0.265 e.